The van der Waals surface area contributed by atoms with E-state index >= 15 is 0 Å². The lowest BCUT2D eigenvalue weighted by Gasteiger charge is -2.09. The predicted octanol–water partition coefficient (Wildman–Crippen LogP) is 2.24. The molecule has 3 nitrogen and oxygen atoms in total. The van der Waals surface area contributed by atoms with Crippen LogP contribution in [0.3, 0.4) is 0 Å². The smallest absolute Gasteiger partial charge is 0.252 e. The van der Waals surface area contributed by atoms with E-state index in [1.165, 1.54) is 0 Å². The Morgan fingerprint density at radius 3 is 2.44 bits per heavy atom. The lowest BCUT2D eigenvalue weighted by Crippen LogP contribution is -2.24. The summed E-state index contributed by atoms with van der Waals surface area (Å²) in [6, 6.07) is 3.92. The van der Waals surface area contributed by atoms with Crippen LogP contribution in [0.2, 0.25) is 0 Å². The molecule has 1 aromatic rings. The van der Waals surface area contributed by atoms with Crippen molar-refractivity contribution in [2.24, 2.45) is 5.92 Å². The first kappa shape index (κ1) is 13.0. The highest BCUT2D eigenvalue weighted by molar-refractivity contribution is 5.16. The minimum Gasteiger partial charge on any atom is -0.326 e. The summed E-state index contributed by atoms with van der Waals surface area (Å²) in [6.07, 6.45) is 0. The maximum atomic E-state index is 11.7. The molecule has 2 N–H and O–H groups in total. The van der Waals surface area contributed by atoms with E-state index in [1.54, 1.807) is 0 Å². The van der Waals surface area contributed by atoms with Crippen LogP contribution in [0, 0.1) is 5.92 Å². The normalized spacial score (nSPS) is 11.4. The highest BCUT2D eigenvalue weighted by Gasteiger charge is 2.04. The van der Waals surface area contributed by atoms with Crippen molar-refractivity contribution in [2.45, 2.75) is 40.2 Å². The first-order valence-electron chi connectivity index (χ1n) is 5.93. The first-order chi connectivity index (χ1) is 7.50. The van der Waals surface area contributed by atoms with Crippen LogP contribution in [0.4, 0.5) is 0 Å². The molecule has 0 aromatic carbocycles. The molecule has 0 bridgehead atoms. The Labute approximate surface area is 97.3 Å². The second-order valence-corrected chi connectivity index (χ2v) is 4.95. The highest BCUT2D eigenvalue weighted by Crippen LogP contribution is 2.08. The van der Waals surface area contributed by atoms with E-state index in [2.05, 4.69) is 38.0 Å². The van der Waals surface area contributed by atoms with Crippen molar-refractivity contribution in [1.29, 1.82) is 0 Å². The molecule has 0 saturated heterocycles. The molecule has 0 aliphatic carbocycles. The van der Waals surface area contributed by atoms with Crippen LogP contribution >= 0.6 is 0 Å². The standard InChI is InChI=1S/C13H22N2O/c1-9(2)7-14-8-11-5-6-12(10(3)4)15-13(11)16/h5-6,9-10,14H,7-8H2,1-4H3,(H,15,16). The van der Waals surface area contributed by atoms with Gasteiger partial charge >= 0.3 is 0 Å². The van der Waals surface area contributed by atoms with Gasteiger partial charge in [-0.3, -0.25) is 4.79 Å². The van der Waals surface area contributed by atoms with Crippen LogP contribution in [0.1, 0.15) is 44.9 Å². The molecule has 0 spiro atoms. The van der Waals surface area contributed by atoms with Gasteiger partial charge in [0.1, 0.15) is 0 Å². The van der Waals surface area contributed by atoms with Crippen molar-refractivity contribution in [3.63, 3.8) is 0 Å². The number of hydrogen-bond donors (Lipinski definition) is 2. The van der Waals surface area contributed by atoms with E-state index in [-0.39, 0.29) is 5.56 Å². The molecule has 3 heteroatoms. The van der Waals surface area contributed by atoms with Crippen molar-refractivity contribution >= 4 is 0 Å². The number of nitrogens with one attached hydrogen (secondary N) is 2. The summed E-state index contributed by atoms with van der Waals surface area (Å²) >= 11 is 0. The fourth-order valence-electron chi connectivity index (χ4n) is 1.49. The van der Waals surface area contributed by atoms with E-state index < -0.39 is 0 Å². The van der Waals surface area contributed by atoms with Gasteiger partial charge in [-0.2, -0.15) is 0 Å². The van der Waals surface area contributed by atoms with Gasteiger partial charge in [-0.15, -0.1) is 0 Å². The largest absolute Gasteiger partial charge is 0.326 e. The fraction of sp³-hybridized carbons (Fsp3) is 0.615. The number of H-pyrrole nitrogens is 1. The second-order valence-electron chi connectivity index (χ2n) is 4.95. The van der Waals surface area contributed by atoms with E-state index in [0.717, 1.165) is 17.8 Å². The topological polar surface area (TPSA) is 44.9 Å². The Bertz CT molecular complexity index is 380. The molecule has 0 aliphatic heterocycles. The van der Waals surface area contributed by atoms with Gasteiger partial charge in [0.15, 0.2) is 0 Å². The van der Waals surface area contributed by atoms with Gasteiger partial charge in [-0.1, -0.05) is 33.8 Å². The second kappa shape index (κ2) is 5.85. The van der Waals surface area contributed by atoms with Gasteiger partial charge in [0.25, 0.3) is 5.56 Å². The molecule has 1 heterocycles. The Morgan fingerprint density at radius 2 is 1.94 bits per heavy atom. The molecular weight excluding hydrogens is 200 g/mol. The summed E-state index contributed by atoms with van der Waals surface area (Å²) in [5, 5.41) is 3.27. The van der Waals surface area contributed by atoms with Crippen molar-refractivity contribution in [1.82, 2.24) is 10.3 Å². The summed E-state index contributed by atoms with van der Waals surface area (Å²) in [5.41, 5.74) is 1.84. The zero-order valence-electron chi connectivity index (χ0n) is 10.6. The third-order valence-corrected chi connectivity index (χ3v) is 2.50. The number of aromatic amines is 1. The number of pyridine rings is 1. The van der Waals surface area contributed by atoms with Crippen molar-refractivity contribution in [2.75, 3.05) is 6.54 Å². The van der Waals surface area contributed by atoms with Crippen LogP contribution in [-0.4, -0.2) is 11.5 Å². The number of aromatic nitrogens is 1. The van der Waals surface area contributed by atoms with E-state index in [1.807, 2.05) is 12.1 Å². The zero-order valence-corrected chi connectivity index (χ0v) is 10.6. The van der Waals surface area contributed by atoms with Gasteiger partial charge in [0.2, 0.25) is 0 Å². The van der Waals surface area contributed by atoms with Crippen LogP contribution in [0.15, 0.2) is 16.9 Å². The average Bonchev–Trinajstić information content (AvgIpc) is 2.19. The van der Waals surface area contributed by atoms with Gasteiger partial charge in [0.05, 0.1) is 0 Å². The summed E-state index contributed by atoms with van der Waals surface area (Å²) in [5.74, 6) is 0.972. The molecule has 0 fully saturated rings. The van der Waals surface area contributed by atoms with Crippen molar-refractivity contribution in [3.8, 4) is 0 Å². The minimum absolute atomic E-state index is 0.0301. The number of rotatable bonds is 5. The van der Waals surface area contributed by atoms with E-state index in [9.17, 15) is 4.79 Å². The molecule has 1 aromatic heterocycles. The maximum Gasteiger partial charge on any atom is 0.252 e. The molecule has 0 aliphatic rings. The van der Waals surface area contributed by atoms with Crippen LogP contribution in [-0.2, 0) is 6.54 Å². The lowest BCUT2D eigenvalue weighted by molar-refractivity contribution is 0.550. The molecule has 16 heavy (non-hydrogen) atoms. The molecule has 0 radical (unpaired) electrons. The van der Waals surface area contributed by atoms with Crippen LogP contribution in [0.5, 0.6) is 0 Å². The van der Waals surface area contributed by atoms with Crippen LogP contribution < -0.4 is 10.9 Å². The SMILES string of the molecule is CC(C)CNCc1ccc(C(C)C)[nH]c1=O. The average molecular weight is 222 g/mol. The Morgan fingerprint density at radius 1 is 1.25 bits per heavy atom. The molecule has 0 saturated carbocycles. The summed E-state index contributed by atoms with van der Waals surface area (Å²) in [7, 11) is 0. The van der Waals surface area contributed by atoms with Crippen LogP contribution in [0.25, 0.3) is 0 Å². The minimum atomic E-state index is 0.0301. The summed E-state index contributed by atoms with van der Waals surface area (Å²) in [4.78, 5) is 14.6. The van der Waals surface area contributed by atoms with Crippen molar-refractivity contribution in [3.05, 3.63) is 33.7 Å². The highest BCUT2D eigenvalue weighted by atomic mass is 16.1. The predicted molar refractivity (Wildman–Crippen MR) is 67.7 cm³/mol. The third kappa shape index (κ3) is 3.81. The molecule has 0 unspecified atom stereocenters. The Hall–Kier alpha value is -1.09. The summed E-state index contributed by atoms with van der Waals surface area (Å²) < 4.78 is 0. The fourth-order valence-corrected chi connectivity index (χ4v) is 1.49. The first-order valence-corrected chi connectivity index (χ1v) is 5.93. The Balaban J connectivity index is 2.65. The molecule has 0 amide bonds. The number of hydrogen-bond acceptors (Lipinski definition) is 2. The molecular formula is C13H22N2O. The van der Waals surface area contributed by atoms with E-state index in [0.29, 0.717) is 18.4 Å². The van der Waals surface area contributed by atoms with Gasteiger partial charge in [-0.05, 0) is 24.4 Å². The molecule has 1 rings (SSSR count). The van der Waals surface area contributed by atoms with Gasteiger partial charge < -0.3 is 10.3 Å². The third-order valence-electron chi connectivity index (χ3n) is 2.50. The molecule has 0 atom stereocenters. The monoisotopic (exact) mass is 222 g/mol. The van der Waals surface area contributed by atoms with Gasteiger partial charge in [-0.25, -0.2) is 0 Å². The quantitative estimate of drug-likeness (QED) is 0.802. The van der Waals surface area contributed by atoms with Crippen molar-refractivity contribution < 1.29 is 0 Å². The maximum absolute atomic E-state index is 11.7. The Kier molecular flexibility index (Phi) is 4.74. The lowest BCUT2D eigenvalue weighted by atomic mass is 10.1. The summed E-state index contributed by atoms with van der Waals surface area (Å²) in [6.45, 7) is 10.0. The van der Waals surface area contributed by atoms with E-state index in [4.69, 9.17) is 0 Å². The molecule has 90 valence electrons. The zero-order chi connectivity index (χ0) is 12.1. The van der Waals surface area contributed by atoms with Gasteiger partial charge in [0, 0.05) is 17.8 Å².